The van der Waals surface area contributed by atoms with Crippen LogP contribution in [-0.4, -0.2) is 43.5 Å². The van der Waals surface area contributed by atoms with Crippen molar-refractivity contribution in [3.8, 4) is 0 Å². The topological polar surface area (TPSA) is 85.2 Å². The van der Waals surface area contributed by atoms with E-state index in [0.717, 1.165) is 56.4 Å². The van der Waals surface area contributed by atoms with Crippen LogP contribution in [0.15, 0.2) is 40.9 Å². The molecule has 7 nitrogen and oxygen atoms in total. The summed E-state index contributed by atoms with van der Waals surface area (Å²) in [6, 6.07) is 0.269. The molecule has 4 heterocycles. The first-order valence-electron chi connectivity index (χ1n) is 10.3. The van der Waals surface area contributed by atoms with E-state index in [1.165, 1.54) is 19.0 Å². The van der Waals surface area contributed by atoms with Crippen molar-refractivity contribution >= 4 is 23.4 Å². The van der Waals surface area contributed by atoms with Gasteiger partial charge in [-0.1, -0.05) is 18.2 Å². The lowest BCUT2D eigenvalue weighted by atomic mass is 9.74. The third kappa shape index (κ3) is 3.63. The number of hydrogen-bond donors (Lipinski definition) is 1. The normalized spacial score (nSPS) is 21.3. The Labute approximate surface area is 181 Å². The van der Waals surface area contributed by atoms with E-state index in [0.29, 0.717) is 10.5 Å². The Balaban J connectivity index is 1.42. The van der Waals surface area contributed by atoms with Gasteiger partial charge < -0.3 is 10.6 Å². The summed E-state index contributed by atoms with van der Waals surface area (Å²) in [7, 11) is 0. The van der Waals surface area contributed by atoms with Gasteiger partial charge in [0, 0.05) is 43.9 Å². The molecule has 0 radical (unpaired) electrons. The maximum Gasteiger partial charge on any atom is 0.434 e. The van der Waals surface area contributed by atoms with Crippen molar-refractivity contribution in [2.75, 3.05) is 18.0 Å². The first kappa shape index (κ1) is 20.5. The van der Waals surface area contributed by atoms with Gasteiger partial charge in [-0.3, -0.25) is 4.40 Å². The zero-order valence-corrected chi connectivity index (χ0v) is 17.5. The fourth-order valence-corrected chi connectivity index (χ4v) is 5.81. The third-order valence-corrected chi connectivity index (χ3v) is 7.59. The van der Waals surface area contributed by atoms with Crippen molar-refractivity contribution < 1.29 is 13.2 Å². The van der Waals surface area contributed by atoms with Crippen LogP contribution in [-0.2, 0) is 6.18 Å². The molecule has 1 saturated carbocycles. The molecule has 5 rings (SSSR count). The number of aromatic nitrogens is 5. The molecule has 1 atom stereocenters. The molecule has 31 heavy (non-hydrogen) atoms. The smallest absolute Gasteiger partial charge is 0.342 e. The summed E-state index contributed by atoms with van der Waals surface area (Å²) in [4.78, 5) is 18.8. The number of anilines is 1. The molecule has 2 fully saturated rings. The van der Waals surface area contributed by atoms with Gasteiger partial charge in [0.2, 0.25) is 5.95 Å². The largest absolute Gasteiger partial charge is 0.434 e. The van der Waals surface area contributed by atoms with Crippen LogP contribution in [0, 0.1) is 5.41 Å². The van der Waals surface area contributed by atoms with Crippen LogP contribution >= 0.6 is 11.8 Å². The Hall–Kier alpha value is -2.40. The molecule has 1 aliphatic heterocycles. The summed E-state index contributed by atoms with van der Waals surface area (Å²) in [6.45, 7) is 1.70. The second kappa shape index (κ2) is 7.63. The molecule has 2 aliphatic rings. The summed E-state index contributed by atoms with van der Waals surface area (Å²) >= 11 is 0.920. The number of nitrogens with zero attached hydrogens (tertiary/aromatic N) is 6. The fraction of sp³-hybridized carbons (Fsp3) is 0.500. The maximum absolute atomic E-state index is 13.3. The monoisotopic (exact) mass is 449 g/mol. The van der Waals surface area contributed by atoms with Crippen molar-refractivity contribution in [2.45, 2.75) is 54.1 Å². The van der Waals surface area contributed by atoms with Gasteiger partial charge in [0.25, 0.3) is 0 Å². The van der Waals surface area contributed by atoms with Crippen LogP contribution in [0.2, 0.25) is 0 Å². The summed E-state index contributed by atoms with van der Waals surface area (Å²) in [5, 5.41) is 0. The first-order chi connectivity index (χ1) is 14.9. The number of halogens is 3. The predicted octanol–water partition coefficient (Wildman–Crippen LogP) is 3.79. The SMILES string of the molecule is N[C@@H]1CCCC12CCN(c1ncc(Sc3cncnc3C(F)(F)F)c3nccn13)CC2. The lowest BCUT2D eigenvalue weighted by Crippen LogP contribution is -2.47. The fourth-order valence-electron chi connectivity index (χ4n) is 4.85. The van der Waals surface area contributed by atoms with Crippen molar-refractivity contribution in [3.05, 3.63) is 36.8 Å². The molecule has 3 aromatic rings. The Morgan fingerprint density at radius 2 is 1.87 bits per heavy atom. The molecule has 0 aromatic carbocycles. The van der Waals surface area contributed by atoms with E-state index in [-0.39, 0.29) is 16.4 Å². The van der Waals surface area contributed by atoms with Gasteiger partial charge in [-0.05, 0) is 31.1 Å². The average Bonchev–Trinajstić information content (AvgIpc) is 3.37. The second-order valence-corrected chi connectivity index (χ2v) is 9.31. The molecule has 1 aliphatic carbocycles. The highest BCUT2D eigenvalue weighted by atomic mass is 32.2. The number of alkyl halides is 3. The standard InChI is InChI=1S/C20H22F3N7S/c21-20(22,23)16-13(10-25-12-28-16)31-14-11-27-18(30-9-6-26-17(14)30)29-7-4-19(5-8-29)3-1-2-15(19)24/h6,9-12,15H,1-5,7-8,24H2/t15-/m1/s1. The number of nitrogens with two attached hydrogens (primary N) is 1. The summed E-state index contributed by atoms with van der Waals surface area (Å²) in [6.07, 6.45) is 8.05. The molecule has 1 saturated heterocycles. The van der Waals surface area contributed by atoms with E-state index >= 15 is 0 Å². The molecular formula is C20H22F3N7S. The quantitative estimate of drug-likeness (QED) is 0.651. The highest BCUT2D eigenvalue weighted by Crippen LogP contribution is 2.46. The minimum Gasteiger partial charge on any atom is -0.342 e. The lowest BCUT2D eigenvalue weighted by molar-refractivity contribution is -0.143. The van der Waals surface area contributed by atoms with Gasteiger partial charge >= 0.3 is 6.18 Å². The molecule has 1 spiro atoms. The van der Waals surface area contributed by atoms with Crippen LogP contribution in [0.1, 0.15) is 37.8 Å². The number of rotatable bonds is 3. The van der Waals surface area contributed by atoms with Crippen molar-refractivity contribution in [2.24, 2.45) is 11.1 Å². The minimum absolute atomic E-state index is 0.0791. The Morgan fingerprint density at radius 3 is 2.58 bits per heavy atom. The second-order valence-electron chi connectivity index (χ2n) is 8.23. The van der Waals surface area contributed by atoms with Gasteiger partial charge in [-0.2, -0.15) is 13.2 Å². The molecule has 2 N–H and O–H groups in total. The van der Waals surface area contributed by atoms with Gasteiger partial charge in [0.05, 0.1) is 9.79 Å². The van der Waals surface area contributed by atoms with Gasteiger partial charge in [-0.15, -0.1) is 0 Å². The molecular weight excluding hydrogens is 427 g/mol. The van der Waals surface area contributed by atoms with E-state index in [1.807, 2.05) is 4.40 Å². The van der Waals surface area contributed by atoms with Gasteiger partial charge in [0.15, 0.2) is 11.3 Å². The Bertz CT molecular complexity index is 1090. The predicted molar refractivity (Wildman–Crippen MR) is 110 cm³/mol. The number of fused-ring (bicyclic) bond motifs is 1. The first-order valence-corrected chi connectivity index (χ1v) is 11.1. The van der Waals surface area contributed by atoms with E-state index in [4.69, 9.17) is 5.73 Å². The number of hydrogen-bond acceptors (Lipinski definition) is 7. The van der Waals surface area contributed by atoms with Crippen LogP contribution in [0.5, 0.6) is 0 Å². The lowest BCUT2D eigenvalue weighted by Gasteiger charge is -2.42. The third-order valence-electron chi connectivity index (χ3n) is 6.56. The van der Waals surface area contributed by atoms with E-state index in [1.54, 1.807) is 18.6 Å². The highest BCUT2D eigenvalue weighted by molar-refractivity contribution is 7.99. The van der Waals surface area contributed by atoms with Crippen LogP contribution in [0.25, 0.3) is 5.65 Å². The summed E-state index contributed by atoms with van der Waals surface area (Å²) < 4.78 is 41.8. The molecule has 0 amide bonds. The zero-order valence-electron chi connectivity index (χ0n) is 16.7. The van der Waals surface area contributed by atoms with Crippen LogP contribution in [0.3, 0.4) is 0 Å². The minimum atomic E-state index is -4.56. The molecule has 11 heteroatoms. The van der Waals surface area contributed by atoms with Gasteiger partial charge in [-0.25, -0.2) is 19.9 Å². The molecule has 0 bridgehead atoms. The molecule has 164 valence electrons. The highest BCUT2D eigenvalue weighted by Gasteiger charge is 2.43. The van der Waals surface area contributed by atoms with Crippen molar-refractivity contribution in [1.82, 2.24) is 24.3 Å². The summed E-state index contributed by atoms with van der Waals surface area (Å²) in [5.41, 5.74) is 6.23. The van der Waals surface area contributed by atoms with Gasteiger partial charge in [0.1, 0.15) is 6.33 Å². The van der Waals surface area contributed by atoms with E-state index in [2.05, 4.69) is 24.8 Å². The van der Waals surface area contributed by atoms with Crippen LogP contribution in [0.4, 0.5) is 19.1 Å². The van der Waals surface area contributed by atoms with E-state index in [9.17, 15) is 13.2 Å². The van der Waals surface area contributed by atoms with Crippen molar-refractivity contribution in [3.63, 3.8) is 0 Å². The number of imidazole rings is 1. The van der Waals surface area contributed by atoms with Crippen molar-refractivity contribution in [1.29, 1.82) is 0 Å². The molecule has 0 unspecified atom stereocenters. The maximum atomic E-state index is 13.3. The Kier molecular flexibility index (Phi) is 5.04. The Morgan fingerprint density at radius 1 is 1.06 bits per heavy atom. The molecule has 3 aromatic heterocycles. The zero-order chi connectivity index (χ0) is 21.6. The number of piperidine rings is 1. The van der Waals surface area contributed by atoms with Crippen LogP contribution < -0.4 is 10.6 Å². The van der Waals surface area contributed by atoms with E-state index < -0.39 is 11.9 Å². The summed E-state index contributed by atoms with van der Waals surface area (Å²) in [5.74, 6) is 0.749. The average molecular weight is 450 g/mol.